The SMILES string of the molecule is COC(=O)c1oc(COc2ccc3c(c2)OCO3)cc1C. The van der Waals surface area contributed by atoms with Crippen LogP contribution in [0.2, 0.25) is 0 Å². The van der Waals surface area contributed by atoms with E-state index in [1.54, 1.807) is 31.2 Å². The summed E-state index contributed by atoms with van der Waals surface area (Å²) in [7, 11) is 1.31. The Hall–Kier alpha value is -2.63. The molecule has 1 aromatic carbocycles. The van der Waals surface area contributed by atoms with E-state index < -0.39 is 5.97 Å². The van der Waals surface area contributed by atoms with Crippen molar-refractivity contribution in [2.75, 3.05) is 13.9 Å². The molecule has 1 aromatic heterocycles. The zero-order chi connectivity index (χ0) is 14.8. The van der Waals surface area contributed by atoms with Gasteiger partial charge in [0, 0.05) is 11.6 Å². The first-order chi connectivity index (χ1) is 10.2. The molecule has 2 heterocycles. The van der Waals surface area contributed by atoms with Crippen molar-refractivity contribution in [1.29, 1.82) is 0 Å². The number of hydrogen-bond donors (Lipinski definition) is 0. The number of ether oxygens (including phenoxy) is 4. The topological polar surface area (TPSA) is 67.1 Å². The maximum Gasteiger partial charge on any atom is 0.374 e. The third-order valence-electron chi connectivity index (χ3n) is 3.06. The molecule has 1 aliphatic rings. The van der Waals surface area contributed by atoms with Crippen molar-refractivity contribution in [3.8, 4) is 17.2 Å². The molecule has 0 aliphatic carbocycles. The molecule has 6 heteroatoms. The third kappa shape index (κ3) is 2.65. The van der Waals surface area contributed by atoms with Crippen LogP contribution in [-0.2, 0) is 11.3 Å². The van der Waals surface area contributed by atoms with Crippen molar-refractivity contribution in [2.24, 2.45) is 0 Å². The second kappa shape index (κ2) is 5.40. The summed E-state index contributed by atoms with van der Waals surface area (Å²) in [5, 5.41) is 0. The first-order valence-electron chi connectivity index (χ1n) is 6.37. The summed E-state index contributed by atoms with van der Waals surface area (Å²) in [5.41, 5.74) is 0.714. The van der Waals surface area contributed by atoms with E-state index in [1.807, 2.05) is 0 Å². The van der Waals surface area contributed by atoms with Crippen molar-refractivity contribution in [2.45, 2.75) is 13.5 Å². The molecule has 0 spiro atoms. The standard InChI is InChI=1S/C15H14O6/c1-9-5-11(21-14(9)15(16)17-2)7-18-10-3-4-12-13(6-10)20-8-19-12/h3-6H,7-8H2,1-2H3. The summed E-state index contributed by atoms with van der Waals surface area (Å²) in [6, 6.07) is 7.06. The zero-order valence-electron chi connectivity index (χ0n) is 11.7. The number of esters is 1. The molecule has 2 aromatic rings. The van der Waals surface area contributed by atoms with E-state index in [4.69, 9.17) is 18.6 Å². The largest absolute Gasteiger partial charge is 0.486 e. The minimum Gasteiger partial charge on any atom is -0.486 e. The number of hydrogen-bond acceptors (Lipinski definition) is 6. The molecular weight excluding hydrogens is 276 g/mol. The van der Waals surface area contributed by atoms with Gasteiger partial charge in [0.1, 0.15) is 18.1 Å². The number of fused-ring (bicyclic) bond motifs is 1. The molecule has 0 fully saturated rings. The Morgan fingerprint density at radius 3 is 2.86 bits per heavy atom. The highest BCUT2D eigenvalue weighted by atomic mass is 16.7. The van der Waals surface area contributed by atoms with E-state index in [1.165, 1.54) is 7.11 Å². The van der Waals surface area contributed by atoms with E-state index >= 15 is 0 Å². The molecule has 0 atom stereocenters. The van der Waals surface area contributed by atoms with Gasteiger partial charge in [0.05, 0.1) is 7.11 Å². The molecule has 0 radical (unpaired) electrons. The van der Waals surface area contributed by atoms with Crippen LogP contribution in [0, 0.1) is 6.92 Å². The van der Waals surface area contributed by atoms with E-state index in [9.17, 15) is 4.79 Å². The summed E-state index contributed by atoms with van der Waals surface area (Å²) in [6.07, 6.45) is 0. The Bertz CT molecular complexity index is 673. The predicted molar refractivity (Wildman–Crippen MR) is 71.7 cm³/mol. The molecule has 3 rings (SSSR count). The van der Waals surface area contributed by atoms with Gasteiger partial charge in [0.15, 0.2) is 11.5 Å². The highest BCUT2D eigenvalue weighted by molar-refractivity contribution is 5.87. The van der Waals surface area contributed by atoms with Gasteiger partial charge in [-0.3, -0.25) is 0 Å². The van der Waals surface area contributed by atoms with Crippen LogP contribution in [0.5, 0.6) is 17.2 Å². The average molecular weight is 290 g/mol. The number of benzene rings is 1. The summed E-state index contributed by atoms with van der Waals surface area (Å²) in [5.74, 6) is 2.23. The van der Waals surface area contributed by atoms with Gasteiger partial charge in [-0.05, 0) is 25.1 Å². The highest BCUT2D eigenvalue weighted by Crippen LogP contribution is 2.35. The number of carbonyl (C=O) groups is 1. The lowest BCUT2D eigenvalue weighted by Crippen LogP contribution is -2.00. The lowest BCUT2D eigenvalue weighted by molar-refractivity contribution is 0.0560. The molecule has 0 amide bonds. The molecule has 0 saturated carbocycles. The number of aryl methyl sites for hydroxylation is 1. The minimum atomic E-state index is -0.498. The minimum absolute atomic E-state index is 0.196. The number of methoxy groups -OCH3 is 1. The van der Waals surface area contributed by atoms with E-state index in [0.29, 0.717) is 28.6 Å². The second-order valence-electron chi connectivity index (χ2n) is 4.52. The van der Waals surface area contributed by atoms with Crippen LogP contribution in [0.1, 0.15) is 21.9 Å². The van der Waals surface area contributed by atoms with Gasteiger partial charge in [-0.15, -0.1) is 0 Å². The van der Waals surface area contributed by atoms with E-state index in [2.05, 4.69) is 4.74 Å². The van der Waals surface area contributed by atoms with Gasteiger partial charge in [-0.25, -0.2) is 4.79 Å². The van der Waals surface area contributed by atoms with E-state index in [-0.39, 0.29) is 19.2 Å². The number of rotatable bonds is 4. The summed E-state index contributed by atoms with van der Waals surface area (Å²) in [4.78, 5) is 11.5. The van der Waals surface area contributed by atoms with Crippen molar-refractivity contribution >= 4 is 5.97 Å². The fourth-order valence-electron chi connectivity index (χ4n) is 2.04. The Morgan fingerprint density at radius 1 is 1.24 bits per heavy atom. The Balaban J connectivity index is 1.69. The van der Waals surface area contributed by atoms with Gasteiger partial charge >= 0.3 is 5.97 Å². The Morgan fingerprint density at radius 2 is 2.05 bits per heavy atom. The molecule has 0 unspecified atom stereocenters. The number of carbonyl (C=O) groups excluding carboxylic acids is 1. The van der Waals surface area contributed by atoms with Crippen LogP contribution in [0.3, 0.4) is 0 Å². The van der Waals surface area contributed by atoms with Gasteiger partial charge in [0.25, 0.3) is 0 Å². The quantitative estimate of drug-likeness (QED) is 0.806. The molecule has 0 bridgehead atoms. The molecule has 6 nitrogen and oxygen atoms in total. The van der Waals surface area contributed by atoms with Crippen LogP contribution < -0.4 is 14.2 Å². The fraction of sp³-hybridized carbons (Fsp3) is 0.267. The van der Waals surface area contributed by atoms with Crippen LogP contribution in [0.4, 0.5) is 0 Å². The number of furan rings is 1. The summed E-state index contributed by atoms with van der Waals surface area (Å²) in [6.45, 7) is 2.20. The molecular formula is C15H14O6. The van der Waals surface area contributed by atoms with Crippen LogP contribution >= 0.6 is 0 Å². The Labute approximate surface area is 121 Å². The van der Waals surface area contributed by atoms with Gasteiger partial charge < -0.3 is 23.4 Å². The van der Waals surface area contributed by atoms with Crippen LogP contribution in [0.15, 0.2) is 28.7 Å². The molecule has 1 aliphatic heterocycles. The summed E-state index contributed by atoms with van der Waals surface area (Å²) < 4.78 is 26.2. The smallest absolute Gasteiger partial charge is 0.374 e. The van der Waals surface area contributed by atoms with Crippen LogP contribution in [0.25, 0.3) is 0 Å². The maximum atomic E-state index is 11.5. The lowest BCUT2D eigenvalue weighted by Gasteiger charge is -2.05. The van der Waals surface area contributed by atoms with Gasteiger partial charge in [-0.2, -0.15) is 0 Å². The molecule has 110 valence electrons. The predicted octanol–water partition coefficient (Wildman–Crippen LogP) is 2.68. The van der Waals surface area contributed by atoms with Crippen LogP contribution in [-0.4, -0.2) is 19.9 Å². The van der Waals surface area contributed by atoms with Gasteiger partial charge in [0.2, 0.25) is 12.6 Å². The first-order valence-corrected chi connectivity index (χ1v) is 6.37. The third-order valence-corrected chi connectivity index (χ3v) is 3.06. The van der Waals surface area contributed by atoms with Crippen molar-refractivity contribution in [1.82, 2.24) is 0 Å². The highest BCUT2D eigenvalue weighted by Gasteiger charge is 2.17. The second-order valence-corrected chi connectivity index (χ2v) is 4.52. The average Bonchev–Trinajstić information content (AvgIpc) is 3.10. The fourth-order valence-corrected chi connectivity index (χ4v) is 2.04. The van der Waals surface area contributed by atoms with Crippen molar-refractivity contribution < 1.29 is 28.2 Å². The maximum absolute atomic E-state index is 11.5. The molecule has 21 heavy (non-hydrogen) atoms. The zero-order valence-corrected chi connectivity index (χ0v) is 11.7. The normalized spacial score (nSPS) is 12.3. The van der Waals surface area contributed by atoms with Gasteiger partial charge in [-0.1, -0.05) is 0 Å². The monoisotopic (exact) mass is 290 g/mol. The molecule has 0 saturated heterocycles. The Kier molecular flexibility index (Phi) is 3.43. The van der Waals surface area contributed by atoms with Crippen molar-refractivity contribution in [3.63, 3.8) is 0 Å². The first kappa shape index (κ1) is 13.4. The lowest BCUT2D eigenvalue weighted by atomic mass is 10.2. The molecule has 0 N–H and O–H groups in total. The van der Waals surface area contributed by atoms with E-state index in [0.717, 1.165) is 0 Å². The summed E-state index contributed by atoms with van der Waals surface area (Å²) >= 11 is 0. The van der Waals surface area contributed by atoms with Crippen molar-refractivity contribution in [3.05, 3.63) is 41.3 Å².